The largest absolute Gasteiger partial charge is 0.315 e. The first-order valence-electron chi connectivity index (χ1n) is 7.36. The van der Waals surface area contributed by atoms with Crippen LogP contribution in [0.15, 0.2) is 58.4 Å². The zero-order valence-electron chi connectivity index (χ0n) is 12.4. The van der Waals surface area contributed by atoms with Crippen molar-refractivity contribution >= 4 is 23.4 Å². The van der Waals surface area contributed by atoms with Crippen LogP contribution in [-0.4, -0.2) is 22.3 Å². The number of nitrogens with zero attached hydrogens (tertiary/aromatic N) is 2. The van der Waals surface area contributed by atoms with E-state index in [-0.39, 0.29) is 11.5 Å². The van der Waals surface area contributed by atoms with Crippen LogP contribution < -0.4 is 10.5 Å². The lowest BCUT2D eigenvalue weighted by molar-refractivity contribution is -0.118. The van der Waals surface area contributed by atoms with E-state index in [0.717, 1.165) is 10.6 Å². The van der Waals surface area contributed by atoms with E-state index in [1.165, 1.54) is 6.07 Å². The van der Waals surface area contributed by atoms with Crippen molar-refractivity contribution in [2.45, 2.75) is 30.0 Å². The predicted molar refractivity (Wildman–Crippen MR) is 89.4 cm³/mol. The molecule has 1 aliphatic rings. The molecule has 0 saturated heterocycles. The van der Waals surface area contributed by atoms with Gasteiger partial charge in [0.25, 0.3) is 5.56 Å². The molecule has 2 heterocycles. The Balaban J connectivity index is 1.75. The van der Waals surface area contributed by atoms with Gasteiger partial charge in [0.1, 0.15) is 0 Å². The normalized spacial score (nSPS) is 17.1. The van der Waals surface area contributed by atoms with Gasteiger partial charge in [-0.2, -0.15) is 0 Å². The molecule has 4 nitrogen and oxygen atoms in total. The number of carbonyl (C=O) groups is 1. The summed E-state index contributed by atoms with van der Waals surface area (Å²) in [5.74, 6) is 0.0651. The Hall–Kier alpha value is -2.01. The Bertz CT molecular complexity index is 741. The highest BCUT2D eigenvalue weighted by Gasteiger charge is 2.26. The van der Waals surface area contributed by atoms with Crippen LogP contribution in [0.3, 0.4) is 0 Å². The Morgan fingerprint density at radius 1 is 1.23 bits per heavy atom. The third kappa shape index (κ3) is 3.09. The summed E-state index contributed by atoms with van der Waals surface area (Å²) in [5.41, 5.74) is 0.911. The molecule has 0 aliphatic carbocycles. The average molecular weight is 314 g/mol. The van der Waals surface area contributed by atoms with Gasteiger partial charge >= 0.3 is 0 Å². The molecule has 0 spiro atoms. The minimum Gasteiger partial charge on any atom is -0.315 e. The molecule has 3 rings (SSSR count). The van der Waals surface area contributed by atoms with Gasteiger partial charge in [0, 0.05) is 41.9 Å². The second-order valence-electron chi connectivity index (χ2n) is 5.38. The van der Waals surface area contributed by atoms with E-state index < -0.39 is 0 Å². The van der Waals surface area contributed by atoms with E-state index in [9.17, 15) is 9.59 Å². The number of rotatable bonds is 3. The molecule has 1 atom stereocenters. The third-order valence-electron chi connectivity index (χ3n) is 3.69. The summed E-state index contributed by atoms with van der Waals surface area (Å²) in [4.78, 5) is 27.3. The van der Waals surface area contributed by atoms with Gasteiger partial charge < -0.3 is 9.47 Å². The molecular weight excluding hydrogens is 296 g/mol. The summed E-state index contributed by atoms with van der Waals surface area (Å²) in [7, 11) is 0. The van der Waals surface area contributed by atoms with Crippen molar-refractivity contribution in [3.63, 3.8) is 0 Å². The number of benzene rings is 1. The topological polar surface area (TPSA) is 42.3 Å². The van der Waals surface area contributed by atoms with E-state index in [4.69, 9.17) is 0 Å². The van der Waals surface area contributed by atoms with E-state index in [0.29, 0.717) is 24.8 Å². The van der Waals surface area contributed by atoms with Gasteiger partial charge in [-0.25, -0.2) is 0 Å². The number of aryl methyl sites for hydroxylation is 1. The Labute approximate surface area is 133 Å². The third-order valence-corrected chi connectivity index (χ3v) is 4.84. The first-order chi connectivity index (χ1) is 10.6. The van der Waals surface area contributed by atoms with Crippen LogP contribution in [0.1, 0.15) is 13.3 Å². The molecule has 22 heavy (non-hydrogen) atoms. The maximum atomic E-state index is 12.6. The number of carbonyl (C=O) groups excluding carboxylic acids is 1. The standard InChI is InChI=1S/C17H18N2O2S/c1-13-12-19(14-6-2-3-7-15(14)22-13)17(21)9-11-18-10-5-4-8-16(18)20/h2-8,10,13H,9,11-12H2,1H3/t13-/m1/s1. The number of hydrogen-bond acceptors (Lipinski definition) is 3. The number of anilines is 1. The molecule has 114 valence electrons. The molecule has 1 aromatic carbocycles. The van der Waals surface area contributed by atoms with Gasteiger partial charge in [0.05, 0.1) is 5.69 Å². The second-order valence-corrected chi connectivity index (χ2v) is 6.86. The van der Waals surface area contributed by atoms with Gasteiger partial charge in [0.15, 0.2) is 0 Å². The molecule has 0 bridgehead atoms. The first kappa shape index (κ1) is 14.9. The van der Waals surface area contributed by atoms with Gasteiger partial charge in [-0.1, -0.05) is 25.1 Å². The van der Waals surface area contributed by atoms with Crippen LogP contribution in [0.5, 0.6) is 0 Å². The molecule has 1 amide bonds. The van der Waals surface area contributed by atoms with Crippen molar-refractivity contribution in [3.05, 3.63) is 59.0 Å². The zero-order valence-corrected chi connectivity index (χ0v) is 13.3. The summed E-state index contributed by atoms with van der Waals surface area (Å²) in [6.45, 7) is 3.26. The quantitative estimate of drug-likeness (QED) is 0.875. The van der Waals surface area contributed by atoms with E-state index in [2.05, 4.69) is 13.0 Å². The van der Waals surface area contributed by atoms with Crippen LogP contribution in [0, 0.1) is 0 Å². The van der Waals surface area contributed by atoms with Gasteiger partial charge in [0.2, 0.25) is 5.91 Å². The van der Waals surface area contributed by atoms with Crippen molar-refractivity contribution in [1.29, 1.82) is 0 Å². The minimum atomic E-state index is -0.0710. The van der Waals surface area contributed by atoms with Crippen LogP contribution in [0.25, 0.3) is 0 Å². The Kier molecular flexibility index (Phi) is 4.34. The smallest absolute Gasteiger partial charge is 0.250 e. The molecule has 0 saturated carbocycles. The lowest BCUT2D eigenvalue weighted by Crippen LogP contribution is -2.39. The molecule has 5 heteroatoms. The summed E-state index contributed by atoms with van der Waals surface area (Å²) >= 11 is 1.80. The molecule has 1 aromatic heterocycles. The van der Waals surface area contributed by atoms with Crippen molar-refractivity contribution in [1.82, 2.24) is 4.57 Å². The maximum absolute atomic E-state index is 12.6. The number of pyridine rings is 1. The lowest BCUT2D eigenvalue weighted by Gasteiger charge is -2.32. The van der Waals surface area contributed by atoms with Crippen molar-refractivity contribution in [2.75, 3.05) is 11.4 Å². The highest BCUT2D eigenvalue weighted by molar-refractivity contribution is 8.00. The number of thioether (sulfide) groups is 1. The van der Waals surface area contributed by atoms with Crippen molar-refractivity contribution in [2.24, 2.45) is 0 Å². The van der Waals surface area contributed by atoms with Gasteiger partial charge in [-0.3, -0.25) is 9.59 Å². The van der Waals surface area contributed by atoms with Crippen molar-refractivity contribution in [3.8, 4) is 0 Å². The number of fused-ring (bicyclic) bond motifs is 1. The SMILES string of the molecule is C[C@@H]1CN(C(=O)CCn2ccccc2=O)c2ccccc2S1. The monoisotopic (exact) mass is 314 g/mol. The Morgan fingerprint density at radius 2 is 2.00 bits per heavy atom. The summed E-state index contributed by atoms with van der Waals surface area (Å²) in [5, 5.41) is 0.373. The van der Waals surface area contributed by atoms with E-state index in [1.54, 1.807) is 34.7 Å². The second kappa shape index (κ2) is 6.40. The fraction of sp³-hybridized carbons (Fsp3) is 0.294. The predicted octanol–water partition coefficient (Wildman–Crippen LogP) is 2.77. The molecule has 0 unspecified atom stereocenters. The van der Waals surface area contributed by atoms with Crippen molar-refractivity contribution < 1.29 is 4.79 Å². The highest BCUT2D eigenvalue weighted by Crippen LogP contribution is 2.38. The van der Waals surface area contributed by atoms with Gasteiger partial charge in [-0.15, -0.1) is 11.8 Å². The van der Waals surface area contributed by atoms with Gasteiger partial charge in [-0.05, 0) is 18.2 Å². The average Bonchev–Trinajstić information content (AvgIpc) is 2.53. The number of aromatic nitrogens is 1. The minimum absolute atomic E-state index is 0.0651. The lowest BCUT2D eigenvalue weighted by atomic mass is 10.2. The molecule has 0 N–H and O–H groups in total. The first-order valence-corrected chi connectivity index (χ1v) is 8.24. The summed E-state index contributed by atoms with van der Waals surface area (Å²) < 4.78 is 1.58. The number of hydrogen-bond donors (Lipinski definition) is 0. The Morgan fingerprint density at radius 3 is 2.82 bits per heavy atom. The molecule has 1 aliphatic heterocycles. The molecule has 2 aromatic rings. The number of amides is 1. The summed E-state index contributed by atoms with van der Waals surface area (Å²) in [6, 6.07) is 13.0. The van der Waals surface area contributed by atoms with Crippen LogP contribution in [0.4, 0.5) is 5.69 Å². The molecule has 0 radical (unpaired) electrons. The highest BCUT2D eigenvalue weighted by atomic mass is 32.2. The molecule has 0 fully saturated rings. The fourth-order valence-electron chi connectivity index (χ4n) is 2.62. The van der Waals surface area contributed by atoms with Crippen LogP contribution in [0.2, 0.25) is 0 Å². The van der Waals surface area contributed by atoms with Crippen LogP contribution >= 0.6 is 11.8 Å². The maximum Gasteiger partial charge on any atom is 0.250 e. The summed E-state index contributed by atoms with van der Waals surface area (Å²) in [6.07, 6.45) is 2.05. The van der Waals surface area contributed by atoms with E-state index in [1.807, 2.05) is 23.1 Å². The van der Waals surface area contributed by atoms with E-state index >= 15 is 0 Å². The zero-order chi connectivity index (χ0) is 15.5. The molecular formula is C17H18N2O2S. The van der Waals surface area contributed by atoms with Crippen LogP contribution in [-0.2, 0) is 11.3 Å². The number of para-hydroxylation sites is 1. The fourth-order valence-corrected chi connectivity index (χ4v) is 3.74.